The minimum atomic E-state index is -0.481. The Hall–Kier alpha value is -2.17. The highest BCUT2D eigenvalue weighted by Crippen LogP contribution is 2.08. The van der Waals surface area contributed by atoms with Gasteiger partial charge in [0.25, 0.3) is 0 Å². The molecule has 4 nitrogen and oxygen atoms in total. The van der Waals surface area contributed by atoms with Crippen molar-refractivity contribution in [3.8, 4) is 0 Å². The summed E-state index contributed by atoms with van der Waals surface area (Å²) < 4.78 is 5.69. The minimum Gasteiger partial charge on any atom is -0.372 e. The lowest BCUT2D eigenvalue weighted by molar-refractivity contribution is -0.122. The maximum Gasteiger partial charge on any atom is 0.236 e. The topological polar surface area (TPSA) is 64.4 Å². The molecule has 0 heterocycles. The zero-order chi connectivity index (χ0) is 15.8. The third-order valence-corrected chi connectivity index (χ3v) is 3.28. The summed E-state index contributed by atoms with van der Waals surface area (Å²) in [7, 11) is 0. The number of benzene rings is 2. The molecule has 0 aliphatic rings. The number of hydrogen-bond acceptors (Lipinski definition) is 3. The first-order valence-corrected chi connectivity index (χ1v) is 7.38. The first-order valence-electron chi connectivity index (χ1n) is 7.38. The number of carbonyl (C=O) groups is 1. The molecule has 2 rings (SSSR count). The first kappa shape index (κ1) is 16.2. The standard InChI is InChI=1S/C18H22N2O2/c1-14(19)18(21)20-11-15-7-9-17(10-8-15)13-22-12-16-5-3-2-4-6-16/h2-10,14H,11-13,19H2,1H3,(H,20,21)/t14-/m1/s1. The number of hydrogen-bond donors (Lipinski definition) is 2. The fourth-order valence-corrected chi connectivity index (χ4v) is 1.96. The lowest BCUT2D eigenvalue weighted by Crippen LogP contribution is -2.37. The summed E-state index contributed by atoms with van der Waals surface area (Å²) in [5.41, 5.74) is 8.81. The van der Waals surface area contributed by atoms with Crippen LogP contribution in [-0.4, -0.2) is 11.9 Å². The summed E-state index contributed by atoms with van der Waals surface area (Å²) in [5.74, 6) is -0.143. The van der Waals surface area contributed by atoms with Gasteiger partial charge in [-0.3, -0.25) is 4.79 Å². The van der Waals surface area contributed by atoms with E-state index in [0.717, 1.165) is 16.7 Å². The van der Waals surface area contributed by atoms with Gasteiger partial charge in [-0.25, -0.2) is 0 Å². The van der Waals surface area contributed by atoms with E-state index in [0.29, 0.717) is 19.8 Å². The number of nitrogens with two attached hydrogens (primary N) is 1. The molecular weight excluding hydrogens is 276 g/mol. The van der Waals surface area contributed by atoms with Crippen LogP contribution in [-0.2, 0) is 29.3 Å². The highest BCUT2D eigenvalue weighted by Gasteiger charge is 2.06. The van der Waals surface area contributed by atoms with Crippen LogP contribution in [0.25, 0.3) is 0 Å². The second-order valence-electron chi connectivity index (χ2n) is 5.30. The third kappa shape index (κ3) is 5.31. The summed E-state index contributed by atoms with van der Waals surface area (Å²) in [6.45, 7) is 3.34. The normalized spacial score (nSPS) is 11.9. The molecule has 4 heteroatoms. The Kier molecular flexibility index (Phi) is 6.13. The molecule has 0 spiro atoms. The molecule has 0 aromatic heterocycles. The number of rotatable bonds is 7. The van der Waals surface area contributed by atoms with Gasteiger partial charge in [0.2, 0.25) is 5.91 Å². The van der Waals surface area contributed by atoms with E-state index >= 15 is 0 Å². The Bertz CT molecular complexity index is 580. The number of nitrogens with one attached hydrogen (secondary N) is 1. The van der Waals surface area contributed by atoms with E-state index in [1.165, 1.54) is 0 Å². The summed E-state index contributed by atoms with van der Waals surface area (Å²) in [4.78, 5) is 11.4. The van der Waals surface area contributed by atoms with Gasteiger partial charge in [0.1, 0.15) is 0 Å². The molecule has 1 amide bonds. The van der Waals surface area contributed by atoms with Crippen molar-refractivity contribution in [1.29, 1.82) is 0 Å². The quantitative estimate of drug-likeness (QED) is 0.825. The molecule has 22 heavy (non-hydrogen) atoms. The van der Waals surface area contributed by atoms with Crippen molar-refractivity contribution in [3.05, 3.63) is 71.3 Å². The highest BCUT2D eigenvalue weighted by atomic mass is 16.5. The molecule has 0 saturated heterocycles. The number of ether oxygens (including phenoxy) is 1. The van der Waals surface area contributed by atoms with E-state index in [-0.39, 0.29) is 5.91 Å². The first-order chi connectivity index (χ1) is 10.6. The van der Waals surface area contributed by atoms with Crippen LogP contribution in [0.2, 0.25) is 0 Å². The second-order valence-corrected chi connectivity index (χ2v) is 5.30. The second kappa shape index (κ2) is 8.32. The van der Waals surface area contributed by atoms with E-state index in [1.807, 2.05) is 54.6 Å². The smallest absolute Gasteiger partial charge is 0.236 e. The van der Waals surface area contributed by atoms with E-state index in [2.05, 4.69) is 5.32 Å². The molecule has 116 valence electrons. The third-order valence-electron chi connectivity index (χ3n) is 3.28. The predicted molar refractivity (Wildman–Crippen MR) is 86.9 cm³/mol. The van der Waals surface area contributed by atoms with Gasteiger partial charge in [0, 0.05) is 6.54 Å². The lowest BCUT2D eigenvalue weighted by atomic mass is 10.1. The monoisotopic (exact) mass is 298 g/mol. The Morgan fingerprint density at radius 1 is 1.00 bits per heavy atom. The predicted octanol–water partition coefficient (Wildman–Crippen LogP) is 2.37. The van der Waals surface area contributed by atoms with Crippen molar-refractivity contribution in [2.24, 2.45) is 5.73 Å². The zero-order valence-electron chi connectivity index (χ0n) is 12.8. The highest BCUT2D eigenvalue weighted by molar-refractivity contribution is 5.80. The van der Waals surface area contributed by atoms with Crippen LogP contribution >= 0.6 is 0 Å². The van der Waals surface area contributed by atoms with Crippen LogP contribution in [0.15, 0.2) is 54.6 Å². The van der Waals surface area contributed by atoms with Crippen molar-refractivity contribution in [3.63, 3.8) is 0 Å². The van der Waals surface area contributed by atoms with Crippen molar-refractivity contribution in [1.82, 2.24) is 5.32 Å². The molecule has 2 aromatic rings. The molecular formula is C18H22N2O2. The molecule has 0 aliphatic heterocycles. The Balaban J connectivity index is 1.76. The van der Waals surface area contributed by atoms with Crippen LogP contribution < -0.4 is 11.1 Å². The maximum absolute atomic E-state index is 11.4. The molecule has 1 atom stereocenters. The van der Waals surface area contributed by atoms with Crippen molar-refractivity contribution in [2.45, 2.75) is 32.7 Å². The van der Waals surface area contributed by atoms with Gasteiger partial charge in [0.15, 0.2) is 0 Å². The fraction of sp³-hybridized carbons (Fsp3) is 0.278. The van der Waals surface area contributed by atoms with Gasteiger partial charge in [0.05, 0.1) is 19.3 Å². The van der Waals surface area contributed by atoms with Gasteiger partial charge >= 0.3 is 0 Å². The van der Waals surface area contributed by atoms with Crippen LogP contribution in [0.4, 0.5) is 0 Å². The average molecular weight is 298 g/mol. The molecule has 0 unspecified atom stereocenters. The summed E-state index contributed by atoms with van der Waals surface area (Å²) in [6, 6.07) is 17.6. The summed E-state index contributed by atoms with van der Waals surface area (Å²) in [5, 5.41) is 2.79. The largest absolute Gasteiger partial charge is 0.372 e. The molecule has 2 aromatic carbocycles. The van der Waals surface area contributed by atoms with E-state index in [4.69, 9.17) is 10.5 Å². The number of carbonyl (C=O) groups excluding carboxylic acids is 1. The molecule has 0 bridgehead atoms. The zero-order valence-corrected chi connectivity index (χ0v) is 12.8. The molecule has 0 saturated carbocycles. The SMILES string of the molecule is C[C@@H](N)C(=O)NCc1ccc(COCc2ccccc2)cc1. The molecule has 0 fully saturated rings. The van der Waals surface area contributed by atoms with Crippen LogP contribution in [0.1, 0.15) is 23.6 Å². The molecule has 0 radical (unpaired) electrons. The van der Waals surface area contributed by atoms with Gasteiger partial charge in [-0.2, -0.15) is 0 Å². The minimum absolute atomic E-state index is 0.143. The Morgan fingerprint density at radius 2 is 1.55 bits per heavy atom. The maximum atomic E-state index is 11.4. The van der Waals surface area contributed by atoms with Crippen molar-refractivity contribution >= 4 is 5.91 Å². The van der Waals surface area contributed by atoms with Crippen LogP contribution in [0.3, 0.4) is 0 Å². The van der Waals surface area contributed by atoms with Gasteiger partial charge in [-0.1, -0.05) is 54.6 Å². The average Bonchev–Trinajstić information content (AvgIpc) is 2.54. The van der Waals surface area contributed by atoms with E-state index < -0.39 is 6.04 Å². The van der Waals surface area contributed by atoms with Gasteiger partial charge < -0.3 is 15.8 Å². The van der Waals surface area contributed by atoms with Crippen molar-refractivity contribution in [2.75, 3.05) is 0 Å². The van der Waals surface area contributed by atoms with Crippen LogP contribution in [0, 0.1) is 0 Å². The lowest BCUT2D eigenvalue weighted by Gasteiger charge is -2.09. The van der Waals surface area contributed by atoms with Gasteiger partial charge in [-0.05, 0) is 23.6 Å². The van der Waals surface area contributed by atoms with E-state index in [9.17, 15) is 4.79 Å². The fourth-order valence-electron chi connectivity index (χ4n) is 1.96. The molecule has 3 N–H and O–H groups in total. The van der Waals surface area contributed by atoms with Crippen molar-refractivity contribution < 1.29 is 9.53 Å². The molecule has 0 aliphatic carbocycles. The Morgan fingerprint density at radius 3 is 2.14 bits per heavy atom. The van der Waals surface area contributed by atoms with E-state index in [1.54, 1.807) is 6.92 Å². The number of amides is 1. The van der Waals surface area contributed by atoms with Gasteiger partial charge in [-0.15, -0.1) is 0 Å². The summed E-state index contributed by atoms with van der Waals surface area (Å²) >= 11 is 0. The van der Waals surface area contributed by atoms with Crippen LogP contribution in [0.5, 0.6) is 0 Å². The Labute approximate surface area is 131 Å². The summed E-state index contributed by atoms with van der Waals surface area (Å²) in [6.07, 6.45) is 0.